The van der Waals surface area contributed by atoms with Gasteiger partial charge in [0.05, 0.1) is 7.11 Å². The van der Waals surface area contributed by atoms with Gasteiger partial charge in [0.25, 0.3) is 0 Å². The fourth-order valence-electron chi connectivity index (χ4n) is 1.47. The summed E-state index contributed by atoms with van der Waals surface area (Å²) in [7, 11) is 1.49. The van der Waals surface area contributed by atoms with Crippen LogP contribution in [0.15, 0.2) is 30.3 Å². The van der Waals surface area contributed by atoms with Crippen LogP contribution in [-0.2, 0) is 0 Å². The van der Waals surface area contributed by atoms with E-state index in [0.717, 1.165) is 11.9 Å². The zero-order valence-electron chi connectivity index (χ0n) is 9.64. The number of nitrogens with zero attached hydrogens (tertiary/aromatic N) is 2. The number of ether oxygens (including phenoxy) is 1. The first-order valence-electron chi connectivity index (χ1n) is 5.18. The molecule has 0 spiro atoms. The molecule has 0 saturated heterocycles. The molecule has 0 amide bonds. The molecule has 1 aromatic carbocycles. The van der Waals surface area contributed by atoms with Gasteiger partial charge in [-0.3, -0.25) is 0 Å². The van der Waals surface area contributed by atoms with E-state index in [0.29, 0.717) is 17.3 Å². The van der Waals surface area contributed by atoms with Crippen molar-refractivity contribution in [1.29, 1.82) is 5.41 Å². The van der Waals surface area contributed by atoms with Crippen LogP contribution < -0.4 is 10.1 Å². The SMILES string of the molecule is COc1nc(Cl)nc(C=N)c1Nc1ccccc1. The normalized spacial score (nSPS) is 9.89. The van der Waals surface area contributed by atoms with Crippen LogP contribution >= 0.6 is 11.6 Å². The number of halogens is 1. The highest BCUT2D eigenvalue weighted by Gasteiger charge is 2.13. The summed E-state index contributed by atoms with van der Waals surface area (Å²) in [5.74, 6) is 0.303. The Balaban J connectivity index is 2.45. The first-order valence-corrected chi connectivity index (χ1v) is 5.56. The third kappa shape index (κ3) is 2.57. The van der Waals surface area contributed by atoms with Crippen LogP contribution in [-0.4, -0.2) is 23.3 Å². The Bertz CT molecular complexity index is 560. The Morgan fingerprint density at radius 1 is 1.28 bits per heavy atom. The maximum Gasteiger partial charge on any atom is 0.242 e. The number of hydrogen-bond donors (Lipinski definition) is 2. The molecule has 92 valence electrons. The maximum atomic E-state index is 7.35. The second-order valence-electron chi connectivity index (χ2n) is 3.40. The van der Waals surface area contributed by atoms with Gasteiger partial charge in [-0.15, -0.1) is 0 Å². The Kier molecular flexibility index (Phi) is 3.74. The number of rotatable bonds is 4. The third-order valence-corrected chi connectivity index (χ3v) is 2.42. The molecule has 1 aromatic heterocycles. The lowest BCUT2D eigenvalue weighted by atomic mass is 10.3. The van der Waals surface area contributed by atoms with Gasteiger partial charge >= 0.3 is 0 Å². The van der Waals surface area contributed by atoms with E-state index in [4.69, 9.17) is 21.7 Å². The first-order chi connectivity index (χ1) is 8.74. The van der Waals surface area contributed by atoms with Gasteiger partial charge in [-0.2, -0.15) is 4.98 Å². The van der Waals surface area contributed by atoms with Crippen LogP contribution in [0.25, 0.3) is 0 Å². The standard InChI is InChI=1S/C12H11ClN4O/c1-18-11-10(9(7-14)16-12(13)17-11)15-8-5-3-2-4-6-8/h2-7,14-15H,1H3. The van der Waals surface area contributed by atoms with E-state index in [1.54, 1.807) is 0 Å². The van der Waals surface area contributed by atoms with Crippen molar-refractivity contribution in [3.05, 3.63) is 41.3 Å². The Morgan fingerprint density at radius 3 is 2.61 bits per heavy atom. The lowest BCUT2D eigenvalue weighted by Crippen LogP contribution is -2.04. The molecule has 2 aromatic rings. The van der Waals surface area contributed by atoms with Gasteiger partial charge in [-0.1, -0.05) is 18.2 Å². The second-order valence-corrected chi connectivity index (χ2v) is 3.74. The summed E-state index contributed by atoms with van der Waals surface area (Å²) in [4.78, 5) is 7.93. The molecule has 0 aliphatic carbocycles. The number of aromatic nitrogens is 2. The van der Waals surface area contributed by atoms with Crippen molar-refractivity contribution in [2.75, 3.05) is 12.4 Å². The van der Waals surface area contributed by atoms with E-state index in [1.165, 1.54) is 7.11 Å². The topological polar surface area (TPSA) is 70.9 Å². The zero-order valence-corrected chi connectivity index (χ0v) is 10.4. The summed E-state index contributed by atoms with van der Waals surface area (Å²) in [5, 5.41) is 10.5. The van der Waals surface area contributed by atoms with Crippen LogP contribution in [0.4, 0.5) is 11.4 Å². The van der Waals surface area contributed by atoms with Crippen LogP contribution in [0, 0.1) is 5.41 Å². The third-order valence-electron chi connectivity index (χ3n) is 2.25. The van der Waals surface area contributed by atoms with Gasteiger partial charge < -0.3 is 15.5 Å². The summed E-state index contributed by atoms with van der Waals surface area (Å²) >= 11 is 5.75. The van der Waals surface area contributed by atoms with Crippen molar-refractivity contribution in [1.82, 2.24) is 9.97 Å². The molecule has 0 unspecified atom stereocenters. The minimum absolute atomic E-state index is 0.0453. The largest absolute Gasteiger partial charge is 0.479 e. The predicted molar refractivity (Wildman–Crippen MR) is 71.2 cm³/mol. The Hall–Kier alpha value is -2.14. The molecule has 0 aliphatic rings. The fraction of sp³-hybridized carbons (Fsp3) is 0.0833. The molecule has 0 atom stereocenters. The van der Waals surface area contributed by atoms with Crippen molar-refractivity contribution in [2.24, 2.45) is 0 Å². The molecule has 6 heteroatoms. The molecule has 0 bridgehead atoms. The van der Waals surface area contributed by atoms with Gasteiger partial charge in [-0.05, 0) is 23.7 Å². The van der Waals surface area contributed by atoms with Crippen LogP contribution in [0.1, 0.15) is 5.69 Å². The number of benzene rings is 1. The first kappa shape index (κ1) is 12.3. The van der Waals surface area contributed by atoms with Crippen LogP contribution in [0.3, 0.4) is 0 Å². The van der Waals surface area contributed by atoms with E-state index in [9.17, 15) is 0 Å². The summed E-state index contributed by atoms with van der Waals surface area (Å²) in [5.41, 5.74) is 1.74. The van der Waals surface area contributed by atoms with E-state index in [1.807, 2.05) is 30.3 Å². The van der Waals surface area contributed by atoms with Crippen LogP contribution in [0.2, 0.25) is 5.28 Å². The van der Waals surface area contributed by atoms with Gasteiger partial charge in [0.15, 0.2) is 0 Å². The number of methoxy groups -OCH3 is 1. The molecule has 0 saturated carbocycles. The number of para-hydroxylation sites is 1. The van der Waals surface area contributed by atoms with Crippen molar-refractivity contribution in [3.63, 3.8) is 0 Å². The molecule has 0 fully saturated rings. The molecule has 0 aliphatic heterocycles. The van der Waals surface area contributed by atoms with Gasteiger partial charge in [-0.25, -0.2) is 4.98 Å². The van der Waals surface area contributed by atoms with E-state index in [2.05, 4.69) is 15.3 Å². The molecule has 2 N–H and O–H groups in total. The summed E-state index contributed by atoms with van der Waals surface area (Å²) in [6.07, 6.45) is 1.10. The summed E-state index contributed by atoms with van der Waals surface area (Å²) < 4.78 is 5.14. The van der Waals surface area contributed by atoms with E-state index >= 15 is 0 Å². The summed E-state index contributed by atoms with van der Waals surface area (Å²) in [6, 6.07) is 9.49. The van der Waals surface area contributed by atoms with Crippen molar-refractivity contribution in [2.45, 2.75) is 0 Å². The molecule has 2 rings (SSSR count). The van der Waals surface area contributed by atoms with E-state index < -0.39 is 0 Å². The van der Waals surface area contributed by atoms with Crippen molar-refractivity contribution in [3.8, 4) is 5.88 Å². The lowest BCUT2D eigenvalue weighted by Gasteiger charge is -2.12. The molecule has 1 heterocycles. The highest BCUT2D eigenvalue weighted by Crippen LogP contribution is 2.28. The molecular weight excluding hydrogens is 252 g/mol. The average molecular weight is 263 g/mol. The van der Waals surface area contributed by atoms with Gasteiger partial charge in [0.2, 0.25) is 11.2 Å². The molecule has 0 radical (unpaired) electrons. The van der Waals surface area contributed by atoms with Gasteiger partial charge in [0, 0.05) is 11.9 Å². The Labute approximate surface area is 109 Å². The number of nitrogens with one attached hydrogen (secondary N) is 2. The fourth-order valence-corrected chi connectivity index (χ4v) is 1.63. The highest BCUT2D eigenvalue weighted by atomic mass is 35.5. The molecule has 18 heavy (non-hydrogen) atoms. The van der Waals surface area contributed by atoms with Crippen LogP contribution in [0.5, 0.6) is 5.88 Å². The minimum atomic E-state index is 0.0453. The number of anilines is 2. The summed E-state index contributed by atoms with van der Waals surface area (Å²) in [6.45, 7) is 0. The average Bonchev–Trinajstić information content (AvgIpc) is 2.41. The monoisotopic (exact) mass is 262 g/mol. The quantitative estimate of drug-likeness (QED) is 0.657. The van der Waals surface area contributed by atoms with Gasteiger partial charge in [0.1, 0.15) is 11.4 Å². The number of hydrogen-bond acceptors (Lipinski definition) is 5. The Morgan fingerprint density at radius 2 is 2.00 bits per heavy atom. The zero-order chi connectivity index (χ0) is 13.0. The van der Waals surface area contributed by atoms with Crippen molar-refractivity contribution >= 4 is 29.2 Å². The lowest BCUT2D eigenvalue weighted by molar-refractivity contribution is 0.399. The minimum Gasteiger partial charge on any atom is -0.479 e. The smallest absolute Gasteiger partial charge is 0.242 e. The van der Waals surface area contributed by atoms with Crippen molar-refractivity contribution < 1.29 is 4.74 Å². The highest BCUT2D eigenvalue weighted by molar-refractivity contribution is 6.28. The molecular formula is C12H11ClN4O. The molecule has 5 nitrogen and oxygen atoms in total. The second kappa shape index (κ2) is 5.46. The maximum absolute atomic E-state index is 7.35. The van der Waals surface area contributed by atoms with E-state index in [-0.39, 0.29) is 5.28 Å². The predicted octanol–water partition coefficient (Wildman–Crippen LogP) is 2.88.